The van der Waals surface area contributed by atoms with Crippen molar-refractivity contribution in [1.29, 1.82) is 0 Å². The van der Waals surface area contributed by atoms with Gasteiger partial charge in [-0.25, -0.2) is 9.97 Å². The maximum atomic E-state index is 12.7. The standard InChI is InChI=1S/C25H27N5O2/c1-16-5-4-6-22(11-16)30-15-19(13-24(30)31)25(32)29-21-9-7-20(8-10-21)26-14-23-27-17(2)12-18(3)28-23/h4-12,19,26H,13-15H2,1-3H3,(H,29,32). The zero-order valence-electron chi connectivity index (χ0n) is 18.6. The van der Waals surface area contributed by atoms with Gasteiger partial charge >= 0.3 is 0 Å². The van der Waals surface area contributed by atoms with Crippen molar-refractivity contribution in [2.75, 3.05) is 22.1 Å². The molecule has 2 aromatic carbocycles. The van der Waals surface area contributed by atoms with Gasteiger partial charge in [-0.15, -0.1) is 0 Å². The summed E-state index contributed by atoms with van der Waals surface area (Å²) in [7, 11) is 0. The average Bonchev–Trinajstić information content (AvgIpc) is 3.14. The SMILES string of the molecule is Cc1cccc(N2CC(C(=O)Nc3ccc(NCc4nc(C)cc(C)n4)cc3)CC2=O)c1. The molecule has 1 saturated heterocycles. The van der Waals surface area contributed by atoms with E-state index >= 15 is 0 Å². The minimum atomic E-state index is -0.373. The molecule has 0 saturated carbocycles. The highest BCUT2D eigenvalue weighted by atomic mass is 16.2. The molecule has 164 valence electrons. The largest absolute Gasteiger partial charge is 0.378 e. The zero-order valence-corrected chi connectivity index (χ0v) is 18.6. The summed E-state index contributed by atoms with van der Waals surface area (Å²) in [6, 6.07) is 17.2. The average molecular weight is 430 g/mol. The van der Waals surface area contributed by atoms with Gasteiger partial charge < -0.3 is 15.5 Å². The van der Waals surface area contributed by atoms with Gasteiger partial charge in [0.1, 0.15) is 5.82 Å². The molecule has 1 aromatic heterocycles. The van der Waals surface area contributed by atoms with Gasteiger partial charge in [0, 0.05) is 41.4 Å². The Morgan fingerprint density at radius 3 is 2.38 bits per heavy atom. The first kappa shape index (κ1) is 21.5. The van der Waals surface area contributed by atoms with Crippen LogP contribution in [0.2, 0.25) is 0 Å². The van der Waals surface area contributed by atoms with Crippen LogP contribution in [0.4, 0.5) is 17.1 Å². The number of benzene rings is 2. The lowest BCUT2D eigenvalue weighted by Crippen LogP contribution is -2.28. The van der Waals surface area contributed by atoms with Crippen LogP contribution in [-0.4, -0.2) is 28.3 Å². The van der Waals surface area contributed by atoms with Crippen molar-refractivity contribution in [2.45, 2.75) is 33.7 Å². The minimum absolute atomic E-state index is 0.0242. The molecule has 2 amide bonds. The van der Waals surface area contributed by atoms with E-state index in [1.54, 1.807) is 4.90 Å². The van der Waals surface area contributed by atoms with Gasteiger partial charge in [0.15, 0.2) is 0 Å². The van der Waals surface area contributed by atoms with Crippen LogP contribution in [0.3, 0.4) is 0 Å². The van der Waals surface area contributed by atoms with Crippen molar-refractivity contribution >= 4 is 28.9 Å². The van der Waals surface area contributed by atoms with Crippen LogP contribution >= 0.6 is 0 Å². The van der Waals surface area contributed by atoms with E-state index in [-0.39, 0.29) is 24.2 Å². The molecule has 2 heterocycles. The molecule has 1 fully saturated rings. The van der Waals surface area contributed by atoms with E-state index in [9.17, 15) is 9.59 Å². The molecule has 4 rings (SSSR count). The molecule has 7 nitrogen and oxygen atoms in total. The van der Waals surface area contributed by atoms with Gasteiger partial charge in [0.25, 0.3) is 0 Å². The summed E-state index contributed by atoms with van der Waals surface area (Å²) >= 11 is 0. The minimum Gasteiger partial charge on any atom is -0.378 e. The van der Waals surface area contributed by atoms with Crippen molar-refractivity contribution in [3.05, 3.63) is 77.4 Å². The number of nitrogens with one attached hydrogen (secondary N) is 2. The Labute approximate surface area is 187 Å². The predicted molar refractivity (Wildman–Crippen MR) is 126 cm³/mol. The van der Waals surface area contributed by atoms with E-state index in [0.717, 1.165) is 34.2 Å². The molecule has 1 aliphatic heterocycles. The number of rotatable bonds is 6. The Balaban J connectivity index is 1.33. The molecule has 0 bridgehead atoms. The van der Waals surface area contributed by atoms with Crippen LogP contribution in [0.5, 0.6) is 0 Å². The van der Waals surface area contributed by atoms with Gasteiger partial charge in [-0.1, -0.05) is 12.1 Å². The smallest absolute Gasteiger partial charge is 0.229 e. The number of hydrogen-bond acceptors (Lipinski definition) is 5. The molecule has 2 N–H and O–H groups in total. The second kappa shape index (κ2) is 9.18. The highest BCUT2D eigenvalue weighted by Crippen LogP contribution is 2.27. The molecule has 0 radical (unpaired) electrons. The molecule has 32 heavy (non-hydrogen) atoms. The van der Waals surface area contributed by atoms with Crippen molar-refractivity contribution in [2.24, 2.45) is 5.92 Å². The number of nitrogens with zero attached hydrogens (tertiary/aromatic N) is 3. The monoisotopic (exact) mass is 429 g/mol. The van der Waals surface area contributed by atoms with Crippen LogP contribution in [0.25, 0.3) is 0 Å². The Kier molecular flexibility index (Phi) is 6.16. The number of carbonyl (C=O) groups excluding carboxylic acids is 2. The van der Waals surface area contributed by atoms with Crippen molar-refractivity contribution in [1.82, 2.24) is 9.97 Å². The Bertz CT molecular complexity index is 1120. The predicted octanol–water partition coefficient (Wildman–Crippen LogP) is 4.01. The van der Waals surface area contributed by atoms with Gasteiger partial charge in [0.2, 0.25) is 11.8 Å². The van der Waals surface area contributed by atoms with E-state index < -0.39 is 0 Å². The van der Waals surface area contributed by atoms with E-state index in [1.807, 2.05) is 75.4 Å². The van der Waals surface area contributed by atoms with Crippen molar-refractivity contribution < 1.29 is 9.59 Å². The summed E-state index contributed by atoms with van der Waals surface area (Å²) in [6.45, 7) is 6.81. The summed E-state index contributed by atoms with van der Waals surface area (Å²) < 4.78 is 0. The number of amides is 2. The molecule has 1 unspecified atom stereocenters. The number of aryl methyl sites for hydroxylation is 3. The van der Waals surface area contributed by atoms with Gasteiger partial charge in [-0.05, 0) is 68.8 Å². The first-order valence-corrected chi connectivity index (χ1v) is 10.7. The van der Waals surface area contributed by atoms with Gasteiger partial charge in [0.05, 0.1) is 12.5 Å². The second-order valence-corrected chi connectivity index (χ2v) is 8.23. The molecular formula is C25H27N5O2. The van der Waals surface area contributed by atoms with E-state index in [0.29, 0.717) is 18.8 Å². The highest BCUT2D eigenvalue weighted by molar-refractivity contribution is 6.03. The van der Waals surface area contributed by atoms with E-state index in [1.165, 1.54) is 0 Å². The number of hydrogen-bond donors (Lipinski definition) is 2. The van der Waals surface area contributed by atoms with Crippen LogP contribution in [0.1, 0.15) is 29.2 Å². The number of aromatic nitrogens is 2. The third-order valence-corrected chi connectivity index (χ3v) is 5.44. The quantitative estimate of drug-likeness (QED) is 0.618. The van der Waals surface area contributed by atoms with Crippen LogP contribution in [0, 0.1) is 26.7 Å². The first-order valence-electron chi connectivity index (χ1n) is 10.7. The van der Waals surface area contributed by atoms with Crippen molar-refractivity contribution in [3.63, 3.8) is 0 Å². The van der Waals surface area contributed by atoms with Crippen LogP contribution in [-0.2, 0) is 16.1 Å². The summed E-state index contributed by atoms with van der Waals surface area (Å²) in [5.74, 6) is 0.202. The lowest BCUT2D eigenvalue weighted by atomic mass is 10.1. The Morgan fingerprint density at radius 2 is 1.69 bits per heavy atom. The third-order valence-electron chi connectivity index (χ3n) is 5.44. The lowest BCUT2D eigenvalue weighted by molar-refractivity contribution is -0.122. The fraction of sp³-hybridized carbons (Fsp3) is 0.280. The van der Waals surface area contributed by atoms with E-state index in [2.05, 4.69) is 20.6 Å². The Hall–Kier alpha value is -3.74. The maximum absolute atomic E-state index is 12.7. The fourth-order valence-corrected chi connectivity index (χ4v) is 3.90. The summed E-state index contributed by atoms with van der Waals surface area (Å²) in [5, 5.41) is 6.23. The number of anilines is 3. The second-order valence-electron chi connectivity index (χ2n) is 8.23. The third kappa shape index (κ3) is 5.11. The lowest BCUT2D eigenvalue weighted by Gasteiger charge is -2.17. The van der Waals surface area contributed by atoms with Gasteiger partial charge in [-0.3, -0.25) is 9.59 Å². The van der Waals surface area contributed by atoms with Crippen LogP contribution < -0.4 is 15.5 Å². The normalized spacial score (nSPS) is 15.7. The summed E-state index contributed by atoms with van der Waals surface area (Å²) in [6.07, 6.45) is 0.218. The first-order chi connectivity index (χ1) is 15.4. The molecule has 3 aromatic rings. The van der Waals surface area contributed by atoms with Gasteiger partial charge in [-0.2, -0.15) is 0 Å². The summed E-state index contributed by atoms with van der Waals surface area (Å²) in [5.41, 5.74) is 5.42. The maximum Gasteiger partial charge on any atom is 0.229 e. The molecule has 1 atom stereocenters. The summed E-state index contributed by atoms with van der Waals surface area (Å²) in [4.78, 5) is 35.7. The van der Waals surface area contributed by atoms with Crippen LogP contribution in [0.15, 0.2) is 54.6 Å². The fourth-order valence-electron chi connectivity index (χ4n) is 3.90. The number of carbonyl (C=O) groups is 2. The highest BCUT2D eigenvalue weighted by Gasteiger charge is 2.35. The Morgan fingerprint density at radius 1 is 1.00 bits per heavy atom. The molecule has 0 aliphatic carbocycles. The molecule has 1 aliphatic rings. The molecular weight excluding hydrogens is 402 g/mol. The van der Waals surface area contributed by atoms with E-state index in [4.69, 9.17) is 0 Å². The van der Waals surface area contributed by atoms with Crippen molar-refractivity contribution in [3.8, 4) is 0 Å². The zero-order chi connectivity index (χ0) is 22.7. The molecule has 7 heteroatoms. The molecule has 0 spiro atoms. The topological polar surface area (TPSA) is 87.2 Å².